The monoisotopic (exact) mass is 361 g/mol. The van der Waals surface area contributed by atoms with Gasteiger partial charge in [-0.3, -0.25) is 0 Å². The lowest BCUT2D eigenvalue weighted by molar-refractivity contribution is 0.251. The van der Waals surface area contributed by atoms with Crippen molar-refractivity contribution in [2.45, 2.75) is 19.3 Å². The van der Waals surface area contributed by atoms with Gasteiger partial charge in [0.1, 0.15) is 5.75 Å². The molecule has 0 unspecified atom stereocenters. The average Bonchev–Trinajstić information content (AvgIpc) is 2.33. The number of halogens is 2. The Morgan fingerprint density at radius 2 is 2.00 bits per heavy atom. The molecule has 1 aromatic carbocycles. The van der Waals surface area contributed by atoms with E-state index < -0.39 is 0 Å². The largest absolute Gasteiger partial charge is 0.492 e. The lowest BCUT2D eigenvalue weighted by atomic mass is 9.95. The third-order valence-corrected chi connectivity index (χ3v) is 4.25. The fraction of sp³-hybridized carbons (Fsp3) is 0.538. The fourth-order valence-corrected chi connectivity index (χ4v) is 3.26. The van der Waals surface area contributed by atoms with Crippen molar-refractivity contribution in [3.63, 3.8) is 0 Å². The summed E-state index contributed by atoms with van der Waals surface area (Å²) in [6.45, 7) is 3.13. The van der Waals surface area contributed by atoms with E-state index in [0.29, 0.717) is 0 Å². The van der Waals surface area contributed by atoms with E-state index in [1.807, 2.05) is 18.2 Å². The molecule has 1 fully saturated rings. The first-order valence-electron chi connectivity index (χ1n) is 6.04. The van der Waals surface area contributed by atoms with Crippen LogP contribution in [-0.4, -0.2) is 19.7 Å². The van der Waals surface area contributed by atoms with Crippen molar-refractivity contribution in [2.75, 3.05) is 19.7 Å². The van der Waals surface area contributed by atoms with Gasteiger partial charge in [0.05, 0.1) is 11.1 Å². The summed E-state index contributed by atoms with van der Waals surface area (Å²) in [5, 5.41) is 3.38. The molecule has 2 rings (SSSR count). The Hall–Kier alpha value is -0.0600. The number of ether oxygens (including phenoxy) is 1. The molecule has 94 valence electrons. The molecule has 0 saturated carbocycles. The predicted octanol–water partition coefficient (Wildman–Crippen LogP) is 3.98. The van der Waals surface area contributed by atoms with E-state index in [1.165, 1.54) is 12.8 Å². The van der Waals surface area contributed by atoms with E-state index in [2.05, 4.69) is 37.2 Å². The maximum Gasteiger partial charge on any atom is 0.133 e. The van der Waals surface area contributed by atoms with E-state index in [9.17, 15) is 0 Å². The number of hydrogen-bond donors (Lipinski definition) is 1. The van der Waals surface area contributed by atoms with Crippen LogP contribution in [0.1, 0.15) is 19.3 Å². The second-order valence-corrected chi connectivity index (χ2v) is 6.18. The normalized spacial score (nSPS) is 17.1. The van der Waals surface area contributed by atoms with Crippen LogP contribution in [0.15, 0.2) is 27.1 Å². The van der Waals surface area contributed by atoms with Gasteiger partial charge in [0, 0.05) is 4.47 Å². The smallest absolute Gasteiger partial charge is 0.133 e. The molecule has 1 aliphatic heterocycles. The molecule has 0 aliphatic carbocycles. The van der Waals surface area contributed by atoms with Crippen molar-refractivity contribution in [1.82, 2.24) is 5.32 Å². The van der Waals surface area contributed by atoms with Crippen LogP contribution >= 0.6 is 31.9 Å². The molecule has 1 heterocycles. The first-order chi connectivity index (χ1) is 8.25. The third kappa shape index (κ3) is 4.27. The summed E-state index contributed by atoms with van der Waals surface area (Å²) >= 11 is 6.94. The second kappa shape index (κ2) is 6.76. The Labute approximate surface area is 119 Å². The highest BCUT2D eigenvalue weighted by atomic mass is 79.9. The Balaban J connectivity index is 1.77. The Kier molecular flexibility index (Phi) is 5.32. The maximum atomic E-state index is 5.81. The van der Waals surface area contributed by atoms with Gasteiger partial charge in [-0.2, -0.15) is 0 Å². The van der Waals surface area contributed by atoms with Gasteiger partial charge in [-0.15, -0.1) is 0 Å². The van der Waals surface area contributed by atoms with Crippen LogP contribution in [0, 0.1) is 5.92 Å². The van der Waals surface area contributed by atoms with Gasteiger partial charge in [-0.25, -0.2) is 0 Å². The van der Waals surface area contributed by atoms with E-state index in [1.54, 1.807) is 0 Å². The average molecular weight is 363 g/mol. The van der Waals surface area contributed by atoms with Crippen molar-refractivity contribution in [2.24, 2.45) is 5.92 Å². The fourth-order valence-electron chi connectivity index (χ4n) is 2.10. The van der Waals surface area contributed by atoms with Gasteiger partial charge < -0.3 is 10.1 Å². The topological polar surface area (TPSA) is 21.3 Å². The van der Waals surface area contributed by atoms with Crippen molar-refractivity contribution < 1.29 is 4.74 Å². The minimum atomic E-state index is 0.810. The highest BCUT2D eigenvalue weighted by Gasteiger charge is 2.13. The summed E-state index contributed by atoms with van der Waals surface area (Å²) in [6, 6.07) is 6.01. The molecule has 0 spiro atoms. The van der Waals surface area contributed by atoms with Crippen molar-refractivity contribution in [3.05, 3.63) is 27.1 Å². The van der Waals surface area contributed by atoms with Crippen LogP contribution in [0.25, 0.3) is 0 Å². The molecule has 0 bridgehead atoms. The first-order valence-corrected chi connectivity index (χ1v) is 7.63. The summed E-state index contributed by atoms with van der Waals surface area (Å²) in [6.07, 6.45) is 3.72. The van der Waals surface area contributed by atoms with E-state index in [4.69, 9.17) is 4.74 Å². The molecule has 4 heteroatoms. The van der Waals surface area contributed by atoms with Crippen LogP contribution in [0.3, 0.4) is 0 Å². The zero-order chi connectivity index (χ0) is 12.1. The highest BCUT2D eigenvalue weighted by Crippen LogP contribution is 2.28. The van der Waals surface area contributed by atoms with E-state index in [0.717, 1.165) is 46.7 Å². The zero-order valence-electron chi connectivity index (χ0n) is 9.72. The molecule has 0 amide bonds. The molecule has 1 saturated heterocycles. The van der Waals surface area contributed by atoms with Crippen molar-refractivity contribution >= 4 is 31.9 Å². The number of nitrogens with one attached hydrogen (secondary N) is 1. The number of benzene rings is 1. The molecule has 0 radical (unpaired) electrons. The Bertz CT molecular complexity index is 364. The molecule has 17 heavy (non-hydrogen) atoms. The van der Waals surface area contributed by atoms with Gasteiger partial charge in [0.2, 0.25) is 0 Å². The summed E-state index contributed by atoms with van der Waals surface area (Å²) in [7, 11) is 0. The Morgan fingerprint density at radius 1 is 1.24 bits per heavy atom. The molecule has 1 aromatic rings. The first kappa shape index (κ1) is 13.4. The standard InChI is InChI=1S/C13H17Br2NO/c14-11-1-2-13(12(15)9-11)17-8-5-10-3-6-16-7-4-10/h1-2,9-10,16H,3-8H2. The highest BCUT2D eigenvalue weighted by molar-refractivity contribution is 9.11. The SMILES string of the molecule is Brc1ccc(OCCC2CCNCC2)c(Br)c1. The lowest BCUT2D eigenvalue weighted by Crippen LogP contribution is -2.28. The summed E-state index contributed by atoms with van der Waals surface area (Å²) in [4.78, 5) is 0. The summed E-state index contributed by atoms with van der Waals surface area (Å²) < 4.78 is 7.88. The molecular formula is C13H17Br2NO. The van der Waals surface area contributed by atoms with Crippen LogP contribution < -0.4 is 10.1 Å². The molecular weight excluding hydrogens is 346 g/mol. The quantitative estimate of drug-likeness (QED) is 0.874. The zero-order valence-corrected chi connectivity index (χ0v) is 12.9. The third-order valence-electron chi connectivity index (χ3n) is 3.14. The number of hydrogen-bond acceptors (Lipinski definition) is 2. The predicted molar refractivity (Wildman–Crippen MR) is 77.5 cm³/mol. The molecule has 1 N–H and O–H groups in total. The van der Waals surface area contributed by atoms with Crippen molar-refractivity contribution in [1.29, 1.82) is 0 Å². The minimum absolute atomic E-state index is 0.810. The van der Waals surface area contributed by atoms with Gasteiger partial charge in [0.25, 0.3) is 0 Å². The summed E-state index contributed by atoms with van der Waals surface area (Å²) in [5.74, 6) is 1.76. The van der Waals surface area contributed by atoms with Crippen molar-refractivity contribution in [3.8, 4) is 5.75 Å². The molecule has 1 aliphatic rings. The minimum Gasteiger partial charge on any atom is -0.492 e. The Morgan fingerprint density at radius 3 is 2.71 bits per heavy atom. The van der Waals surface area contributed by atoms with Crippen LogP contribution in [-0.2, 0) is 0 Å². The number of piperidine rings is 1. The summed E-state index contributed by atoms with van der Waals surface area (Å²) in [5.41, 5.74) is 0. The van der Waals surface area contributed by atoms with E-state index >= 15 is 0 Å². The lowest BCUT2D eigenvalue weighted by Gasteiger charge is -2.22. The maximum absolute atomic E-state index is 5.81. The molecule has 0 aromatic heterocycles. The van der Waals surface area contributed by atoms with E-state index in [-0.39, 0.29) is 0 Å². The van der Waals surface area contributed by atoms with Gasteiger partial charge in [0.15, 0.2) is 0 Å². The van der Waals surface area contributed by atoms with Crippen LogP contribution in [0.2, 0.25) is 0 Å². The molecule has 0 atom stereocenters. The van der Waals surface area contributed by atoms with Gasteiger partial charge in [-0.05, 0) is 72.4 Å². The van der Waals surface area contributed by atoms with Gasteiger partial charge in [-0.1, -0.05) is 15.9 Å². The van der Waals surface area contributed by atoms with Crippen LogP contribution in [0.5, 0.6) is 5.75 Å². The van der Waals surface area contributed by atoms with Crippen LogP contribution in [0.4, 0.5) is 0 Å². The number of rotatable bonds is 4. The molecule has 2 nitrogen and oxygen atoms in total. The second-order valence-electron chi connectivity index (χ2n) is 4.41. The van der Waals surface area contributed by atoms with Gasteiger partial charge >= 0.3 is 0 Å².